The van der Waals surface area contributed by atoms with Crippen molar-refractivity contribution in [1.82, 2.24) is 4.98 Å². The van der Waals surface area contributed by atoms with Crippen LogP contribution < -0.4 is 10.6 Å². The average molecular weight is 295 g/mol. The molecule has 0 radical (unpaired) electrons. The Kier molecular flexibility index (Phi) is 4.60. The summed E-state index contributed by atoms with van der Waals surface area (Å²) in [6.45, 7) is 7.12. The third-order valence-corrected chi connectivity index (χ3v) is 5.51. The first-order valence-corrected chi connectivity index (χ1v) is 8.20. The van der Waals surface area contributed by atoms with Gasteiger partial charge in [-0.05, 0) is 24.3 Å². The molecule has 5 heteroatoms. The van der Waals surface area contributed by atoms with Crippen LogP contribution in [0.25, 0.3) is 0 Å². The van der Waals surface area contributed by atoms with Crippen molar-refractivity contribution in [3.8, 4) is 0 Å². The number of thiazole rings is 1. The lowest BCUT2D eigenvalue weighted by Gasteiger charge is -2.23. The highest BCUT2D eigenvalue weighted by atomic mass is 32.1. The lowest BCUT2D eigenvalue weighted by molar-refractivity contribution is 0.741. The first-order valence-electron chi connectivity index (χ1n) is 6.50. The van der Waals surface area contributed by atoms with Crippen molar-refractivity contribution in [2.75, 3.05) is 11.9 Å². The molecule has 104 valence electrons. The molecule has 0 saturated carbocycles. The molecular weight excluding hydrogens is 274 g/mol. The highest BCUT2D eigenvalue weighted by Gasteiger charge is 2.19. The number of thiophene rings is 1. The first-order chi connectivity index (χ1) is 9.04. The van der Waals surface area contributed by atoms with Gasteiger partial charge >= 0.3 is 0 Å². The number of anilines is 1. The zero-order valence-electron chi connectivity index (χ0n) is 11.9. The summed E-state index contributed by atoms with van der Waals surface area (Å²) in [6, 6.07) is 4.61. The molecule has 1 unspecified atom stereocenters. The van der Waals surface area contributed by atoms with E-state index >= 15 is 0 Å². The monoisotopic (exact) mass is 295 g/mol. The number of aromatic nitrogens is 1. The highest BCUT2D eigenvalue weighted by molar-refractivity contribution is 7.15. The van der Waals surface area contributed by atoms with Gasteiger partial charge in [0, 0.05) is 23.3 Å². The highest BCUT2D eigenvalue weighted by Crippen LogP contribution is 2.34. The Morgan fingerprint density at radius 1 is 1.37 bits per heavy atom. The van der Waals surface area contributed by atoms with E-state index in [1.807, 2.05) is 0 Å². The molecule has 0 bridgehead atoms. The van der Waals surface area contributed by atoms with Gasteiger partial charge in [0.1, 0.15) is 0 Å². The van der Waals surface area contributed by atoms with E-state index in [1.165, 1.54) is 9.75 Å². The van der Waals surface area contributed by atoms with Crippen molar-refractivity contribution >= 4 is 27.8 Å². The summed E-state index contributed by atoms with van der Waals surface area (Å²) in [4.78, 5) is 9.58. The molecule has 3 nitrogen and oxygen atoms in total. The van der Waals surface area contributed by atoms with E-state index in [2.05, 4.69) is 50.2 Å². The van der Waals surface area contributed by atoms with Crippen LogP contribution in [0.5, 0.6) is 0 Å². The van der Waals surface area contributed by atoms with Crippen LogP contribution in [0.3, 0.4) is 0 Å². The number of hydrogen-bond donors (Lipinski definition) is 1. The molecule has 2 heterocycles. The van der Waals surface area contributed by atoms with Gasteiger partial charge in [0.05, 0.1) is 11.7 Å². The van der Waals surface area contributed by atoms with Gasteiger partial charge in [0.25, 0.3) is 0 Å². The summed E-state index contributed by atoms with van der Waals surface area (Å²) in [5.41, 5.74) is 6.97. The fraction of sp³-hybridized carbons (Fsp3) is 0.500. The molecule has 2 N–H and O–H groups in total. The molecule has 2 aromatic rings. The Hall–Kier alpha value is -0.910. The van der Waals surface area contributed by atoms with Crippen LogP contribution in [0.2, 0.25) is 0 Å². The van der Waals surface area contributed by atoms with Crippen molar-refractivity contribution in [3.63, 3.8) is 0 Å². The van der Waals surface area contributed by atoms with Crippen LogP contribution in [-0.2, 0) is 6.54 Å². The summed E-state index contributed by atoms with van der Waals surface area (Å²) < 4.78 is 0. The summed E-state index contributed by atoms with van der Waals surface area (Å²) >= 11 is 3.50. The lowest BCUT2D eigenvalue weighted by atomic mass is 10.1. The SMILES string of the molecule is CC(C)c1nc(N(C)C(C)c2cccs2)sc1CN. The molecule has 0 fully saturated rings. The van der Waals surface area contributed by atoms with Crippen LogP contribution in [0, 0.1) is 0 Å². The van der Waals surface area contributed by atoms with Crippen LogP contribution in [0.15, 0.2) is 17.5 Å². The minimum atomic E-state index is 0.344. The molecule has 0 aliphatic carbocycles. The number of hydrogen-bond acceptors (Lipinski definition) is 5. The van der Waals surface area contributed by atoms with Gasteiger partial charge in [0.2, 0.25) is 0 Å². The molecule has 2 rings (SSSR count). The molecule has 0 aliphatic heterocycles. The Balaban J connectivity index is 2.26. The fourth-order valence-electron chi connectivity index (χ4n) is 1.98. The molecule has 0 saturated heterocycles. The second-order valence-corrected chi connectivity index (χ2v) is 7.01. The van der Waals surface area contributed by atoms with Crippen molar-refractivity contribution in [3.05, 3.63) is 33.0 Å². The van der Waals surface area contributed by atoms with Gasteiger partial charge < -0.3 is 10.6 Å². The minimum Gasteiger partial charge on any atom is -0.344 e. The largest absolute Gasteiger partial charge is 0.344 e. The van der Waals surface area contributed by atoms with Gasteiger partial charge in [-0.2, -0.15) is 0 Å². The summed E-state index contributed by atoms with van der Waals surface area (Å²) in [5.74, 6) is 0.425. The first kappa shape index (κ1) is 14.5. The van der Waals surface area contributed by atoms with E-state index in [1.54, 1.807) is 22.7 Å². The molecule has 0 spiro atoms. The Bertz CT molecular complexity index is 517. The minimum absolute atomic E-state index is 0.344. The summed E-state index contributed by atoms with van der Waals surface area (Å²) in [7, 11) is 2.10. The van der Waals surface area contributed by atoms with Crippen molar-refractivity contribution in [2.24, 2.45) is 5.73 Å². The topological polar surface area (TPSA) is 42.2 Å². The number of rotatable bonds is 5. The molecule has 19 heavy (non-hydrogen) atoms. The zero-order valence-corrected chi connectivity index (χ0v) is 13.5. The second kappa shape index (κ2) is 6.03. The summed E-state index contributed by atoms with van der Waals surface area (Å²) in [6.07, 6.45) is 0. The Morgan fingerprint density at radius 2 is 2.11 bits per heavy atom. The molecule has 0 aliphatic rings. The van der Waals surface area contributed by atoms with E-state index < -0.39 is 0 Å². The Labute approximate surface area is 123 Å². The van der Waals surface area contributed by atoms with E-state index in [0.29, 0.717) is 18.5 Å². The zero-order chi connectivity index (χ0) is 14.0. The smallest absolute Gasteiger partial charge is 0.186 e. The molecular formula is C14H21N3S2. The van der Waals surface area contributed by atoms with Gasteiger partial charge in [0.15, 0.2) is 5.13 Å². The van der Waals surface area contributed by atoms with Crippen LogP contribution in [0.4, 0.5) is 5.13 Å². The van der Waals surface area contributed by atoms with E-state index in [4.69, 9.17) is 10.7 Å². The van der Waals surface area contributed by atoms with Crippen molar-refractivity contribution < 1.29 is 0 Å². The van der Waals surface area contributed by atoms with Crippen molar-refractivity contribution in [1.29, 1.82) is 0 Å². The normalized spacial score (nSPS) is 12.9. The predicted molar refractivity (Wildman–Crippen MR) is 85.2 cm³/mol. The second-order valence-electron chi connectivity index (χ2n) is 4.97. The number of nitrogens with zero attached hydrogens (tertiary/aromatic N) is 2. The van der Waals surface area contributed by atoms with E-state index in [0.717, 1.165) is 10.8 Å². The quantitative estimate of drug-likeness (QED) is 0.907. The maximum absolute atomic E-state index is 5.83. The van der Waals surface area contributed by atoms with Crippen LogP contribution in [0.1, 0.15) is 48.2 Å². The van der Waals surface area contributed by atoms with Gasteiger partial charge in [-0.3, -0.25) is 0 Å². The molecule has 0 aromatic carbocycles. The van der Waals surface area contributed by atoms with Gasteiger partial charge in [-0.25, -0.2) is 4.98 Å². The maximum Gasteiger partial charge on any atom is 0.186 e. The third-order valence-electron chi connectivity index (χ3n) is 3.29. The summed E-state index contributed by atoms with van der Waals surface area (Å²) in [5, 5.41) is 3.18. The maximum atomic E-state index is 5.83. The molecule has 2 aromatic heterocycles. The van der Waals surface area contributed by atoms with Crippen LogP contribution >= 0.6 is 22.7 Å². The average Bonchev–Trinajstić information content (AvgIpc) is 3.05. The van der Waals surface area contributed by atoms with Gasteiger partial charge in [-0.1, -0.05) is 19.9 Å². The van der Waals surface area contributed by atoms with Gasteiger partial charge in [-0.15, -0.1) is 22.7 Å². The molecule has 1 atom stereocenters. The van der Waals surface area contributed by atoms with Crippen molar-refractivity contribution in [2.45, 2.75) is 39.3 Å². The predicted octanol–water partition coefficient (Wildman–Crippen LogP) is 3.98. The van der Waals surface area contributed by atoms with E-state index in [-0.39, 0.29) is 0 Å². The van der Waals surface area contributed by atoms with Crippen LogP contribution in [-0.4, -0.2) is 12.0 Å². The third kappa shape index (κ3) is 2.99. The standard InChI is InChI=1S/C14H21N3S2/c1-9(2)13-12(8-15)19-14(16-13)17(4)10(3)11-6-5-7-18-11/h5-7,9-10H,8,15H2,1-4H3. The van der Waals surface area contributed by atoms with E-state index in [9.17, 15) is 0 Å². The Morgan fingerprint density at radius 3 is 2.58 bits per heavy atom. The molecule has 0 amide bonds. The number of nitrogens with two attached hydrogens (primary N) is 1. The lowest BCUT2D eigenvalue weighted by Crippen LogP contribution is -2.20. The fourth-order valence-corrected chi connectivity index (χ4v) is 3.95.